The first-order chi connectivity index (χ1) is 7.77. The van der Waals surface area contributed by atoms with E-state index in [4.69, 9.17) is 27.9 Å². The van der Waals surface area contributed by atoms with Gasteiger partial charge in [0, 0.05) is 11.6 Å². The number of rotatable bonds is 3. The lowest BCUT2D eigenvalue weighted by Crippen LogP contribution is -2.38. The zero-order chi connectivity index (χ0) is 13.2. The number of hydrogen-bond acceptors (Lipinski definition) is 2. The average Bonchev–Trinajstić information content (AvgIpc) is 2.22. The van der Waals surface area contributed by atoms with E-state index in [-0.39, 0.29) is 5.91 Å². The van der Waals surface area contributed by atoms with Crippen molar-refractivity contribution in [3.05, 3.63) is 26.7 Å². The standard InChI is InChI=1S/C11H12BrCl2NO2/c1-11(2,17-3)10(16)15-9-7(13)4-6(12)5-8(9)14/h4-5H,1-3H3,(H,15,16). The van der Waals surface area contributed by atoms with Gasteiger partial charge in [-0.2, -0.15) is 0 Å². The van der Waals surface area contributed by atoms with Gasteiger partial charge in [-0.3, -0.25) is 4.79 Å². The summed E-state index contributed by atoms with van der Waals surface area (Å²) in [6.07, 6.45) is 0. The number of ether oxygens (including phenoxy) is 1. The first-order valence-corrected chi connectivity index (χ1v) is 6.34. The molecule has 0 atom stereocenters. The molecule has 0 heterocycles. The Morgan fingerprint density at radius 2 is 1.82 bits per heavy atom. The molecule has 0 aliphatic carbocycles. The van der Waals surface area contributed by atoms with Crippen LogP contribution < -0.4 is 5.32 Å². The normalized spacial score (nSPS) is 11.4. The van der Waals surface area contributed by atoms with Gasteiger partial charge in [0.1, 0.15) is 5.60 Å². The molecule has 0 bridgehead atoms. The van der Waals surface area contributed by atoms with E-state index in [1.807, 2.05) is 0 Å². The van der Waals surface area contributed by atoms with Crippen molar-refractivity contribution >= 4 is 50.7 Å². The van der Waals surface area contributed by atoms with Crippen LogP contribution >= 0.6 is 39.1 Å². The highest BCUT2D eigenvalue weighted by Gasteiger charge is 2.28. The van der Waals surface area contributed by atoms with Gasteiger partial charge in [0.15, 0.2) is 0 Å². The molecule has 0 unspecified atom stereocenters. The maximum Gasteiger partial charge on any atom is 0.256 e. The summed E-state index contributed by atoms with van der Waals surface area (Å²) in [5.41, 5.74) is -0.564. The largest absolute Gasteiger partial charge is 0.369 e. The van der Waals surface area contributed by atoms with Gasteiger partial charge in [-0.15, -0.1) is 0 Å². The molecule has 1 aromatic carbocycles. The number of anilines is 1. The zero-order valence-electron chi connectivity index (χ0n) is 9.61. The van der Waals surface area contributed by atoms with Gasteiger partial charge in [-0.25, -0.2) is 0 Å². The molecule has 0 spiro atoms. The molecule has 0 saturated heterocycles. The fourth-order valence-electron chi connectivity index (χ4n) is 1.02. The van der Waals surface area contributed by atoms with Gasteiger partial charge in [-0.1, -0.05) is 39.1 Å². The summed E-state index contributed by atoms with van der Waals surface area (Å²) < 4.78 is 5.81. The summed E-state index contributed by atoms with van der Waals surface area (Å²) in [4.78, 5) is 11.9. The molecule has 6 heteroatoms. The summed E-state index contributed by atoms with van der Waals surface area (Å²) >= 11 is 15.3. The van der Waals surface area contributed by atoms with E-state index in [1.165, 1.54) is 7.11 Å². The fraction of sp³-hybridized carbons (Fsp3) is 0.364. The molecule has 0 aliphatic heterocycles. The maximum absolute atomic E-state index is 11.9. The summed E-state index contributed by atoms with van der Waals surface area (Å²) in [5.74, 6) is -0.314. The van der Waals surface area contributed by atoms with Crippen molar-refractivity contribution in [2.75, 3.05) is 12.4 Å². The van der Waals surface area contributed by atoms with Crippen LogP contribution in [0.25, 0.3) is 0 Å². The lowest BCUT2D eigenvalue weighted by Gasteiger charge is -2.22. The molecule has 0 saturated carbocycles. The smallest absolute Gasteiger partial charge is 0.256 e. The molecular formula is C11H12BrCl2NO2. The third-order valence-electron chi connectivity index (χ3n) is 2.30. The number of carbonyl (C=O) groups excluding carboxylic acids is 1. The highest BCUT2D eigenvalue weighted by atomic mass is 79.9. The summed E-state index contributed by atoms with van der Waals surface area (Å²) in [7, 11) is 1.46. The van der Waals surface area contributed by atoms with Crippen molar-refractivity contribution < 1.29 is 9.53 Å². The highest BCUT2D eigenvalue weighted by Crippen LogP contribution is 2.34. The Morgan fingerprint density at radius 3 is 2.24 bits per heavy atom. The second kappa shape index (κ2) is 5.57. The van der Waals surface area contributed by atoms with Crippen molar-refractivity contribution in [1.82, 2.24) is 0 Å². The van der Waals surface area contributed by atoms with Crippen LogP contribution in [-0.4, -0.2) is 18.6 Å². The molecule has 1 amide bonds. The Hall–Kier alpha value is -0.290. The number of carbonyl (C=O) groups is 1. The Balaban J connectivity index is 3.01. The van der Waals surface area contributed by atoms with Crippen LogP contribution in [0.1, 0.15) is 13.8 Å². The molecule has 3 nitrogen and oxygen atoms in total. The minimum absolute atomic E-state index is 0.314. The minimum Gasteiger partial charge on any atom is -0.369 e. The van der Waals surface area contributed by atoms with Crippen LogP contribution in [0.3, 0.4) is 0 Å². The Labute approximate surface area is 119 Å². The van der Waals surface area contributed by atoms with E-state index < -0.39 is 5.60 Å². The van der Waals surface area contributed by atoms with Gasteiger partial charge >= 0.3 is 0 Å². The van der Waals surface area contributed by atoms with E-state index in [0.717, 1.165) is 4.47 Å². The Morgan fingerprint density at radius 1 is 1.35 bits per heavy atom. The predicted molar refractivity (Wildman–Crippen MR) is 73.9 cm³/mol. The topological polar surface area (TPSA) is 38.3 Å². The lowest BCUT2D eigenvalue weighted by atomic mass is 10.1. The van der Waals surface area contributed by atoms with Gasteiger partial charge in [0.05, 0.1) is 15.7 Å². The van der Waals surface area contributed by atoms with E-state index in [1.54, 1.807) is 26.0 Å². The van der Waals surface area contributed by atoms with E-state index >= 15 is 0 Å². The van der Waals surface area contributed by atoms with Crippen molar-refractivity contribution in [3.8, 4) is 0 Å². The number of methoxy groups -OCH3 is 1. The molecule has 0 aliphatic rings. The summed E-state index contributed by atoms with van der Waals surface area (Å²) in [6.45, 7) is 3.31. The quantitative estimate of drug-likeness (QED) is 0.898. The minimum atomic E-state index is -0.945. The fourth-order valence-corrected chi connectivity index (χ4v) is 2.32. The second-order valence-corrected chi connectivity index (χ2v) is 5.64. The number of amides is 1. The monoisotopic (exact) mass is 339 g/mol. The highest BCUT2D eigenvalue weighted by molar-refractivity contribution is 9.10. The molecule has 0 fully saturated rings. The zero-order valence-corrected chi connectivity index (χ0v) is 12.7. The van der Waals surface area contributed by atoms with Crippen molar-refractivity contribution in [2.24, 2.45) is 0 Å². The van der Waals surface area contributed by atoms with Gasteiger partial charge in [0.2, 0.25) is 0 Å². The SMILES string of the molecule is COC(C)(C)C(=O)Nc1c(Cl)cc(Br)cc1Cl. The third-order valence-corrected chi connectivity index (χ3v) is 3.36. The molecule has 0 aromatic heterocycles. The summed E-state index contributed by atoms with van der Waals surface area (Å²) in [6, 6.07) is 3.31. The summed E-state index contributed by atoms with van der Waals surface area (Å²) in [5, 5.41) is 3.38. The van der Waals surface area contributed by atoms with Crippen molar-refractivity contribution in [1.29, 1.82) is 0 Å². The van der Waals surface area contributed by atoms with Crippen LogP contribution in [0, 0.1) is 0 Å². The van der Waals surface area contributed by atoms with E-state index in [0.29, 0.717) is 15.7 Å². The van der Waals surface area contributed by atoms with Crippen LogP contribution in [-0.2, 0) is 9.53 Å². The van der Waals surface area contributed by atoms with Crippen LogP contribution in [0.4, 0.5) is 5.69 Å². The predicted octanol–water partition coefficient (Wildman–Crippen LogP) is 4.12. The van der Waals surface area contributed by atoms with Crippen molar-refractivity contribution in [2.45, 2.75) is 19.4 Å². The average molecular weight is 341 g/mol. The maximum atomic E-state index is 11.9. The Bertz CT molecular complexity index is 426. The Kier molecular flexibility index (Phi) is 4.84. The molecule has 1 aromatic rings. The molecular weight excluding hydrogens is 329 g/mol. The molecule has 1 N–H and O–H groups in total. The van der Waals surface area contributed by atoms with Crippen LogP contribution in [0.5, 0.6) is 0 Å². The van der Waals surface area contributed by atoms with Gasteiger partial charge in [0.25, 0.3) is 5.91 Å². The van der Waals surface area contributed by atoms with E-state index in [9.17, 15) is 4.79 Å². The number of benzene rings is 1. The molecule has 0 radical (unpaired) electrons. The molecule has 17 heavy (non-hydrogen) atoms. The first kappa shape index (κ1) is 14.8. The number of nitrogens with one attached hydrogen (secondary N) is 1. The molecule has 94 valence electrons. The van der Waals surface area contributed by atoms with Gasteiger partial charge in [-0.05, 0) is 26.0 Å². The number of hydrogen-bond donors (Lipinski definition) is 1. The second-order valence-electron chi connectivity index (χ2n) is 3.91. The van der Waals surface area contributed by atoms with E-state index in [2.05, 4.69) is 21.2 Å². The molecule has 1 rings (SSSR count). The van der Waals surface area contributed by atoms with Gasteiger partial charge < -0.3 is 10.1 Å². The third kappa shape index (κ3) is 3.58. The first-order valence-electron chi connectivity index (χ1n) is 4.79. The van der Waals surface area contributed by atoms with Crippen LogP contribution in [0.15, 0.2) is 16.6 Å². The lowest BCUT2D eigenvalue weighted by molar-refractivity contribution is -0.133. The van der Waals surface area contributed by atoms with Crippen molar-refractivity contribution in [3.63, 3.8) is 0 Å². The van der Waals surface area contributed by atoms with Crippen LogP contribution in [0.2, 0.25) is 10.0 Å². The number of halogens is 3.